The number of carboxylic acids is 1. The molecular formula is C14H19NO5. The Kier molecular flexibility index (Phi) is 4.81. The Balaban J connectivity index is 1.80. The number of phenolic OH excluding ortho intramolecular Hbond substituents is 2. The molecule has 1 aromatic rings. The molecule has 0 radical (unpaired) electrons. The van der Waals surface area contributed by atoms with Crippen LogP contribution in [-0.4, -0.2) is 52.0 Å². The van der Waals surface area contributed by atoms with Gasteiger partial charge in [-0.05, 0) is 18.9 Å². The van der Waals surface area contributed by atoms with E-state index in [0.717, 1.165) is 31.5 Å². The van der Waals surface area contributed by atoms with Gasteiger partial charge in [-0.3, -0.25) is 4.90 Å². The summed E-state index contributed by atoms with van der Waals surface area (Å²) in [6.45, 7) is 1.95. The van der Waals surface area contributed by atoms with Gasteiger partial charge in [0.05, 0.1) is 6.10 Å². The Bertz CT molecular complexity index is 469. The van der Waals surface area contributed by atoms with E-state index in [-0.39, 0.29) is 24.2 Å². The van der Waals surface area contributed by atoms with Gasteiger partial charge in [0.15, 0.2) is 0 Å². The summed E-state index contributed by atoms with van der Waals surface area (Å²) < 4.78 is 5.27. The van der Waals surface area contributed by atoms with Crippen LogP contribution in [0.1, 0.15) is 18.4 Å². The molecule has 0 bridgehead atoms. The van der Waals surface area contributed by atoms with Gasteiger partial charge in [-0.15, -0.1) is 0 Å². The molecule has 6 nitrogen and oxygen atoms in total. The van der Waals surface area contributed by atoms with Crippen LogP contribution in [0.25, 0.3) is 0 Å². The van der Waals surface area contributed by atoms with E-state index in [4.69, 9.17) is 9.84 Å². The number of benzene rings is 1. The smallest absolute Gasteiger partial charge is 0.329 e. The largest absolute Gasteiger partial charge is 0.508 e. The molecule has 1 fully saturated rings. The molecule has 0 saturated carbocycles. The summed E-state index contributed by atoms with van der Waals surface area (Å²) in [7, 11) is 0. The summed E-state index contributed by atoms with van der Waals surface area (Å²) in [6, 6.07) is 4.59. The topological polar surface area (TPSA) is 90.2 Å². The number of piperidine rings is 1. The highest BCUT2D eigenvalue weighted by molar-refractivity contribution is 5.68. The maximum absolute atomic E-state index is 10.4. The highest BCUT2D eigenvalue weighted by atomic mass is 16.5. The molecule has 1 saturated heterocycles. The minimum atomic E-state index is -0.943. The van der Waals surface area contributed by atoms with Crippen LogP contribution >= 0.6 is 0 Å². The van der Waals surface area contributed by atoms with Crippen molar-refractivity contribution in [1.82, 2.24) is 4.90 Å². The monoisotopic (exact) mass is 281 g/mol. The Morgan fingerprint density at radius 1 is 1.30 bits per heavy atom. The molecular weight excluding hydrogens is 262 g/mol. The predicted octanol–water partition coefficient (Wildman–Crippen LogP) is 1.16. The fraction of sp³-hybridized carbons (Fsp3) is 0.500. The van der Waals surface area contributed by atoms with Crippen LogP contribution in [-0.2, 0) is 16.1 Å². The molecule has 1 aromatic carbocycles. The number of aliphatic carboxylic acids is 1. The number of rotatable bonds is 5. The van der Waals surface area contributed by atoms with Crippen LogP contribution in [0.2, 0.25) is 0 Å². The molecule has 0 atom stereocenters. The van der Waals surface area contributed by atoms with Crippen molar-refractivity contribution >= 4 is 5.97 Å². The highest BCUT2D eigenvalue weighted by Gasteiger charge is 2.21. The van der Waals surface area contributed by atoms with Crippen molar-refractivity contribution < 1.29 is 24.9 Å². The second-order valence-corrected chi connectivity index (χ2v) is 4.99. The molecule has 0 unspecified atom stereocenters. The van der Waals surface area contributed by atoms with Gasteiger partial charge in [-0.2, -0.15) is 0 Å². The number of carbonyl (C=O) groups is 1. The lowest BCUT2D eigenvalue weighted by Crippen LogP contribution is -2.37. The number of aromatic hydroxyl groups is 2. The van der Waals surface area contributed by atoms with Gasteiger partial charge in [-0.1, -0.05) is 6.07 Å². The minimum absolute atomic E-state index is 0.00392. The van der Waals surface area contributed by atoms with E-state index in [2.05, 4.69) is 4.90 Å². The van der Waals surface area contributed by atoms with E-state index in [9.17, 15) is 15.0 Å². The summed E-state index contributed by atoms with van der Waals surface area (Å²) >= 11 is 0. The number of hydrogen-bond donors (Lipinski definition) is 3. The molecule has 0 aliphatic carbocycles. The number of phenols is 2. The van der Waals surface area contributed by atoms with Gasteiger partial charge in [0.1, 0.15) is 18.1 Å². The molecule has 0 aromatic heterocycles. The van der Waals surface area contributed by atoms with Crippen LogP contribution < -0.4 is 0 Å². The van der Waals surface area contributed by atoms with Gasteiger partial charge in [0, 0.05) is 31.3 Å². The van der Waals surface area contributed by atoms with Crippen LogP contribution in [0.4, 0.5) is 0 Å². The third-order valence-electron chi connectivity index (χ3n) is 3.44. The van der Waals surface area contributed by atoms with Gasteiger partial charge >= 0.3 is 5.97 Å². The van der Waals surface area contributed by atoms with Gasteiger partial charge in [-0.25, -0.2) is 4.79 Å². The van der Waals surface area contributed by atoms with Crippen molar-refractivity contribution in [3.63, 3.8) is 0 Å². The van der Waals surface area contributed by atoms with Crippen molar-refractivity contribution in [3.05, 3.63) is 23.8 Å². The molecule has 0 amide bonds. The minimum Gasteiger partial charge on any atom is -0.508 e. The van der Waals surface area contributed by atoms with E-state index in [1.807, 2.05) is 0 Å². The van der Waals surface area contributed by atoms with Crippen molar-refractivity contribution in [3.8, 4) is 11.5 Å². The first kappa shape index (κ1) is 14.6. The molecule has 1 aliphatic heterocycles. The number of nitrogens with zero attached hydrogens (tertiary/aromatic N) is 1. The first-order valence-electron chi connectivity index (χ1n) is 6.61. The maximum atomic E-state index is 10.4. The summed E-state index contributed by atoms with van der Waals surface area (Å²) in [4.78, 5) is 12.6. The molecule has 0 spiro atoms. The number of ether oxygens (including phenoxy) is 1. The van der Waals surface area contributed by atoms with E-state index < -0.39 is 5.97 Å². The van der Waals surface area contributed by atoms with E-state index >= 15 is 0 Å². The quantitative estimate of drug-likeness (QED) is 0.750. The normalized spacial score (nSPS) is 17.2. The first-order chi connectivity index (χ1) is 9.54. The molecule has 20 heavy (non-hydrogen) atoms. The summed E-state index contributed by atoms with van der Waals surface area (Å²) in [5.41, 5.74) is 0.771. The van der Waals surface area contributed by atoms with Crippen molar-refractivity contribution in [2.24, 2.45) is 0 Å². The van der Waals surface area contributed by atoms with Crippen LogP contribution in [0, 0.1) is 0 Å². The zero-order valence-corrected chi connectivity index (χ0v) is 11.2. The number of hydrogen-bond acceptors (Lipinski definition) is 5. The van der Waals surface area contributed by atoms with Gasteiger partial charge in [0.2, 0.25) is 0 Å². The summed E-state index contributed by atoms with van der Waals surface area (Å²) in [6.07, 6.45) is 1.56. The van der Waals surface area contributed by atoms with Crippen LogP contribution in [0.5, 0.6) is 11.5 Å². The van der Waals surface area contributed by atoms with Crippen LogP contribution in [0.15, 0.2) is 18.2 Å². The van der Waals surface area contributed by atoms with Crippen molar-refractivity contribution in [2.45, 2.75) is 25.5 Å². The lowest BCUT2D eigenvalue weighted by atomic mass is 10.1. The molecule has 1 heterocycles. The number of carboxylic acid groups (broad SMARTS) is 1. The zero-order chi connectivity index (χ0) is 14.5. The number of likely N-dealkylation sites (tertiary alicyclic amines) is 1. The molecule has 3 N–H and O–H groups in total. The standard InChI is InChI=1S/C14H19NO5/c16-11-2-1-10(13(17)7-11)8-15-5-3-12(4-6-15)20-9-14(18)19/h1-2,7,12,16-17H,3-6,8-9H2,(H,18,19). The van der Waals surface area contributed by atoms with Crippen molar-refractivity contribution in [2.75, 3.05) is 19.7 Å². The average Bonchev–Trinajstić information content (AvgIpc) is 2.41. The lowest BCUT2D eigenvalue weighted by molar-refractivity contribution is -0.145. The second-order valence-electron chi connectivity index (χ2n) is 4.99. The highest BCUT2D eigenvalue weighted by Crippen LogP contribution is 2.25. The van der Waals surface area contributed by atoms with Crippen molar-refractivity contribution in [1.29, 1.82) is 0 Å². The Morgan fingerprint density at radius 3 is 2.60 bits per heavy atom. The van der Waals surface area contributed by atoms with Gasteiger partial charge < -0.3 is 20.1 Å². The van der Waals surface area contributed by atoms with E-state index in [1.165, 1.54) is 6.07 Å². The molecule has 6 heteroatoms. The molecule has 2 rings (SSSR count). The predicted molar refractivity (Wildman–Crippen MR) is 71.7 cm³/mol. The summed E-state index contributed by atoms with van der Waals surface area (Å²) in [5, 5.41) is 27.5. The van der Waals surface area contributed by atoms with Crippen LogP contribution in [0.3, 0.4) is 0 Å². The third kappa shape index (κ3) is 4.11. The Labute approximate surface area is 117 Å². The third-order valence-corrected chi connectivity index (χ3v) is 3.44. The fourth-order valence-corrected chi connectivity index (χ4v) is 2.35. The Hall–Kier alpha value is -1.79. The van der Waals surface area contributed by atoms with Gasteiger partial charge in [0.25, 0.3) is 0 Å². The maximum Gasteiger partial charge on any atom is 0.329 e. The molecule has 1 aliphatic rings. The lowest BCUT2D eigenvalue weighted by Gasteiger charge is -2.31. The zero-order valence-electron chi connectivity index (χ0n) is 11.2. The van der Waals surface area contributed by atoms with E-state index in [1.54, 1.807) is 12.1 Å². The summed E-state index contributed by atoms with van der Waals surface area (Å²) in [5.74, 6) is -0.803. The second kappa shape index (κ2) is 6.58. The average molecular weight is 281 g/mol. The fourth-order valence-electron chi connectivity index (χ4n) is 2.35. The van der Waals surface area contributed by atoms with E-state index in [0.29, 0.717) is 6.54 Å². The Morgan fingerprint density at radius 2 is 2.00 bits per heavy atom. The SMILES string of the molecule is O=C(O)COC1CCN(Cc2ccc(O)cc2O)CC1. The first-order valence-corrected chi connectivity index (χ1v) is 6.61. The molecule has 110 valence electrons.